The van der Waals surface area contributed by atoms with Gasteiger partial charge in [-0.05, 0) is 75.6 Å². The highest BCUT2D eigenvalue weighted by Gasteiger charge is 2.26. The topological polar surface area (TPSA) is 94.2 Å². The molecule has 2 N–H and O–H groups in total. The third kappa shape index (κ3) is 7.02. The molecule has 0 atom stereocenters. The van der Waals surface area contributed by atoms with E-state index in [0.717, 1.165) is 50.1 Å². The zero-order valence-corrected chi connectivity index (χ0v) is 23.4. The molecule has 39 heavy (non-hydrogen) atoms. The largest absolute Gasteiger partial charge is 0.497 e. The number of carbonyl (C=O) groups excluding carboxylic acids is 3. The van der Waals surface area contributed by atoms with E-state index in [1.165, 1.54) is 0 Å². The van der Waals surface area contributed by atoms with E-state index < -0.39 is 0 Å². The van der Waals surface area contributed by atoms with Crippen LogP contribution in [0.15, 0.2) is 42.5 Å². The Morgan fingerprint density at radius 2 is 1.56 bits per heavy atom. The lowest BCUT2D eigenvalue weighted by Gasteiger charge is -2.28. The minimum atomic E-state index is -0.147. The molecule has 210 valence electrons. The molecule has 0 bridgehead atoms. The van der Waals surface area contributed by atoms with Crippen molar-refractivity contribution in [3.05, 3.63) is 48.0 Å². The standard InChI is InChI=1S/C30H41N5O4/c1-4-33(5-2)29(37)26-21-24(31-28(36)22-9-6-7-10-22)13-16-27(26)34-17-8-18-35(20-19-34)30(38)32-23-11-14-25(39-3)15-12-23/h11-16,21-22H,4-10,17-20H2,1-3H3,(H,31,36)(H,32,38). The van der Waals surface area contributed by atoms with Crippen LogP contribution in [0.25, 0.3) is 0 Å². The summed E-state index contributed by atoms with van der Waals surface area (Å²) < 4.78 is 5.19. The molecule has 2 aromatic carbocycles. The van der Waals surface area contributed by atoms with Crippen molar-refractivity contribution in [1.29, 1.82) is 0 Å². The zero-order chi connectivity index (χ0) is 27.8. The number of urea groups is 1. The van der Waals surface area contributed by atoms with Gasteiger partial charge in [-0.15, -0.1) is 0 Å². The van der Waals surface area contributed by atoms with Crippen LogP contribution in [0.3, 0.4) is 0 Å². The first-order chi connectivity index (χ1) is 18.9. The van der Waals surface area contributed by atoms with Gasteiger partial charge in [-0.3, -0.25) is 9.59 Å². The number of benzene rings is 2. The smallest absolute Gasteiger partial charge is 0.321 e. The third-order valence-corrected chi connectivity index (χ3v) is 7.74. The highest BCUT2D eigenvalue weighted by molar-refractivity contribution is 6.02. The molecule has 9 heteroatoms. The van der Waals surface area contributed by atoms with E-state index >= 15 is 0 Å². The van der Waals surface area contributed by atoms with Gasteiger partial charge in [0.15, 0.2) is 0 Å². The summed E-state index contributed by atoms with van der Waals surface area (Å²) in [5.41, 5.74) is 2.79. The fourth-order valence-electron chi connectivity index (χ4n) is 5.41. The first kappa shape index (κ1) is 28.3. The second-order valence-electron chi connectivity index (χ2n) is 10.2. The number of amides is 4. The molecule has 1 saturated heterocycles. The first-order valence-electron chi connectivity index (χ1n) is 14.1. The molecule has 2 aliphatic rings. The van der Waals surface area contributed by atoms with Crippen molar-refractivity contribution in [3.8, 4) is 5.75 Å². The summed E-state index contributed by atoms with van der Waals surface area (Å²) in [5, 5.41) is 6.02. The van der Waals surface area contributed by atoms with Crippen LogP contribution in [0.4, 0.5) is 21.9 Å². The Hall–Kier alpha value is -3.75. The second-order valence-corrected chi connectivity index (χ2v) is 10.2. The van der Waals surface area contributed by atoms with Crippen LogP contribution in [0.1, 0.15) is 56.3 Å². The second kappa shape index (κ2) is 13.4. The monoisotopic (exact) mass is 535 g/mol. The van der Waals surface area contributed by atoms with Gasteiger partial charge in [0.2, 0.25) is 5.91 Å². The number of rotatable bonds is 8. The summed E-state index contributed by atoms with van der Waals surface area (Å²) in [7, 11) is 1.61. The number of methoxy groups -OCH3 is 1. The number of ether oxygens (including phenoxy) is 1. The van der Waals surface area contributed by atoms with Crippen LogP contribution in [-0.4, -0.2) is 74.0 Å². The number of anilines is 3. The van der Waals surface area contributed by atoms with E-state index in [-0.39, 0.29) is 23.8 Å². The summed E-state index contributed by atoms with van der Waals surface area (Å²) >= 11 is 0. The lowest BCUT2D eigenvalue weighted by atomic mass is 10.1. The Morgan fingerprint density at radius 3 is 2.23 bits per heavy atom. The summed E-state index contributed by atoms with van der Waals surface area (Å²) in [6, 6.07) is 12.8. The molecule has 9 nitrogen and oxygen atoms in total. The molecule has 4 amide bonds. The molecule has 0 radical (unpaired) electrons. The molecule has 2 fully saturated rings. The zero-order valence-electron chi connectivity index (χ0n) is 23.4. The highest BCUT2D eigenvalue weighted by atomic mass is 16.5. The molecule has 1 heterocycles. The van der Waals surface area contributed by atoms with Gasteiger partial charge in [-0.2, -0.15) is 0 Å². The molecule has 4 rings (SSSR count). The quantitative estimate of drug-likeness (QED) is 0.493. The van der Waals surface area contributed by atoms with E-state index in [9.17, 15) is 14.4 Å². The predicted molar refractivity (Wildman–Crippen MR) is 155 cm³/mol. The first-order valence-corrected chi connectivity index (χ1v) is 14.1. The van der Waals surface area contributed by atoms with Crippen molar-refractivity contribution >= 4 is 34.9 Å². The molecule has 1 aliphatic carbocycles. The predicted octanol–water partition coefficient (Wildman–Crippen LogP) is 5.05. The Bertz CT molecular complexity index is 1140. The lowest BCUT2D eigenvalue weighted by molar-refractivity contribution is -0.119. The molecular weight excluding hydrogens is 494 g/mol. The Morgan fingerprint density at radius 1 is 0.872 bits per heavy atom. The SMILES string of the molecule is CCN(CC)C(=O)c1cc(NC(=O)C2CCCC2)ccc1N1CCCN(C(=O)Nc2ccc(OC)cc2)CC1. The normalized spacial score (nSPS) is 16.0. The van der Waals surface area contributed by atoms with Gasteiger partial charge in [0.05, 0.1) is 12.7 Å². The maximum atomic E-state index is 13.6. The van der Waals surface area contributed by atoms with Crippen molar-refractivity contribution in [3.63, 3.8) is 0 Å². The van der Waals surface area contributed by atoms with Crippen molar-refractivity contribution < 1.29 is 19.1 Å². The summed E-state index contributed by atoms with van der Waals surface area (Å²) in [6.45, 7) is 7.62. The minimum absolute atomic E-state index is 0.0368. The van der Waals surface area contributed by atoms with Gasteiger partial charge in [0.25, 0.3) is 5.91 Å². The van der Waals surface area contributed by atoms with Crippen LogP contribution >= 0.6 is 0 Å². The molecule has 0 spiro atoms. The lowest BCUT2D eigenvalue weighted by Crippen LogP contribution is -2.38. The molecular formula is C30H41N5O4. The highest BCUT2D eigenvalue weighted by Crippen LogP contribution is 2.30. The molecule has 0 aromatic heterocycles. The van der Waals surface area contributed by atoms with E-state index in [4.69, 9.17) is 4.74 Å². The van der Waals surface area contributed by atoms with Crippen molar-refractivity contribution in [2.75, 3.05) is 61.9 Å². The van der Waals surface area contributed by atoms with Crippen molar-refractivity contribution in [2.45, 2.75) is 46.0 Å². The Balaban J connectivity index is 1.49. The number of nitrogens with one attached hydrogen (secondary N) is 2. The van der Waals surface area contributed by atoms with Gasteiger partial charge in [-0.25, -0.2) is 4.79 Å². The minimum Gasteiger partial charge on any atom is -0.497 e. The van der Waals surface area contributed by atoms with Crippen molar-refractivity contribution in [2.24, 2.45) is 5.92 Å². The maximum Gasteiger partial charge on any atom is 0.321 e. The third-order valence-electron chi connectivity index (χ3n) is 7.74. The molecule has 0 unspecified atom stereocenters. The van der Waals surface area contributed by atoms with E-state index in [2.05, 4.69) is 15.5 Å². The van der Waals surface area contributed by atoms with Gasteiger partial charge in [0.1, 0.15) is 5.75 Å². The number of hydrogen-bond donors (Lipinski definition) is 2. The maximum absolute atomic E-state index is 13.6. The van der Waals surface area contributed by atoms with Gasteiger partial charge in [-0.1, -0.05) is 12.8 Å². The van der Waals surface area contributed by atoms with E-state index in [0.29, 0.717) is 49.7 Å². The number of nitrogens with zero attached hydrogens (tertiary/aromatic N) is 3. The van der Waals surface area contributed by atoms with Crippen LogP contribution in [-0.2, 0) is 4.79 Å². The fourth-order valence-corrected chi connectivity index (χ4v) is 5.41. The van der Waals surface area contributed by atoms with Crippen LogP contribution in [0.2, 0.25) is 0 Å². The number of carbonyl (C=O) groups is 3. The average Bonchev–Trinajstić information content (AvgIpc) is 3.39. The average molecular weight is 536 g/mol. The van der Waals surface area contributed by atoms with Crippen molar-refractivity contribution in [1.82, 2.24) is 9.80 Å². The Kier molecular flexibility index (Phi) is 9.68. The van der Waals surface area contributed by atoms with Crippen LogP contribution in [0, 0.1) is 5.92 Å². The summed E-state index contributed by atoms with van der Waals surface area (Å²) in [5.74, 6) is 0.768. The van der Waals surface area contributed by atoms with Gasteiger partial charge < -0.3 is 30.1 Å². The number of hydrogen-bond acceptors (Lipinski definition) is 5. The van der Waals surface area contributed by atoms with Gasteiger partial charge >= 0.3 is 6.03 Å². The van der Waals surface area contributed by atoms with Crippen LogP contribution < -0.4 is 20.3 Å². The molecule has 1 aliphatic heterocycles. The summed E-state index contributed by atoms with van der Waals surface area (Å²) in [6.07, 6.45) is 4.80. The van der Waals surface area contributed by atoms with Crippen LogP contribution in [0.5, 0.6) is 5.75 Å². The molecule has 2 aromatic rings. The molecule has 1 saturated carbocycles. The van der Waals surface area contributed by atoms with E-state index in [1.54, 1.807) is 12.0 Å². The summed E-state index contributed by atoms with van der Waals surface area (Å²) in [4.78, 5) is 45.1. The van der Waals surface area contributed by atoms with E-state index in [1.807, 2.05) is 61.2 Å². The fraction of sp³-hybridized carbons (Fsp3) is 0.500. The Labute approximate surface area is 231 Å². The van der Waals surface area contributed by atoms with Gasteiger partial charge in [0, 0.05) is 62.2 Å².